The number of carbonyl (C=O) groups excluding carboxylic acids is 4. The summed E-state index contributed by atoms with van der Waals surface area (Å²) in [6.07, 6.45) is 3.52. The molecular weight excluding hydrogens is 494 g/mol. The minimum absolute atomic E-state index is 0.0540. The first-order valence-corrected chi connectivity index (χ1v) is 13.8. The molecule has 0 saturated carbocycles. The standard InChI is InChI=1S/C30H47N5O4/c1-19(2)24(32-28(37)25(20(3)4)33(7)8)29(38)34(9)26(21(5)6)30(39)35-17-13-16-23(35)27(36)31-18-22-14-11-10-12-15-22/h10-16,19-21,23-26H,17-18H2,1-9H3,(H,31,36)(H,32,37)/t23-,24-,25-,26-/m0/s1. The number of nitrogens with zero attached hydrogens (tertiary/aromatic N) is 3. The van der Waals surface area contributed by atoms with Crippen LogP contribution in [-0.4, -0.2) is 90.2 Å². The topological polar surface area (TPSA) is 102 Å². The molecule has 4 atom stereocenters. The van der Waals surface area contributed by atoms with Crippen molar-refractivity contribution in [2.45, 2.75) is 72.3 Å². The van der Waals surface area contributed by atoms with Gasteiger partial charge in [-0.15, -0.1) is 0 Å². The fourth-order valence-corrected chi connectivity index (χ4v) is 5.18. The molecule has 9 heteroatoms. The fraction of sp³-hybridized carbons (Fsp3) is 0.600. The molecule has 0 fully saturated rings. The van der Waals surface area contributed by atoms with Crippen LogP contribution in [0.5, 0.6) is 0 Å². The molecule has 39 heavy (non-hydrogen) atoms. The monoisotopic (exact) mass is 541 g/mol. The van der Waals surface area contributed by atoms with Gasteiger partial charge in [0.25, 0.3) is 0 Å². The number of rotatable bonds is 12. The Hall–Kier alpha value is -3.20. The minimum atomic E-state index is -0.797. The number of likely N-dealkylation sites (N-methyl/N-ethyl adjacent to an activating group) is 2. The molecule has 4 amide bonds. The van der Waals surface area contributed by atoms with Crippen LogP contribution in [0.1, 0.15) is 47.1 Å². The average Bonchev–Trinajstić information content (AvgIpc) is 3.35. The predicted molar refractivity (Wildman–Crippen MR) is 153 cm³/mol. The summed E-state index contributed by atoms with van der Waals surface area (Å²) in [5, 5.41) is 5.86. The lowest BCUT2D eigenvalue weighted by molar-refractivity contribution is -0.150. The van der Waals surface area contributed by atoms with Gasteiger partial charge in [-0.2, -0.15) is 0 Å². The number of carbonyl (C=O) groups is 4. The third-order valence-electron chi connectivity index (χ3n) is 7.15. The zero-order chi connectivity index (χ0) is 29.4. The molecule has 0 unspecified atom stereocenters. The Morgan fingerprint density at radius 3 is 2.00 bits per heavy atom. The van der Waals surface area contributed by atoms with Crippen molar-refractivity contribution in [3.63, 3.8) is 0 Å². The average molecular weight is 542 g/mol. The summed E-state index contributed by atoms with van der Waals surface area (Å²) in [6.45, 7) is 12.1. The van der Waals surface area contributed by atoms with Gasteiger partial charge in [0, 0.05) is 20.1 Å². The molecule has 0 aliphatic carbocycles. The lowest BCUT2D eigenvalue weighted by Gasteiger charge is -2.38. The zero-order valence-corrected chi connectivity index (χ0v) is 25.0. The van der Waals surface area contributed by atoms with Crippen molar-refractivity contribution in [2.75, 3.05) is 27.7 Å². The van der Waals surface area contributed by atoms with E-state index in [1.54, 1.807) is 19.2 Å². The third kappa shape index (κ3) is 8.14. The van der Waals surface area contributed by atoms with Crippen LogP contribution in [0.25, 0.3) is 0 Å². The minimum Gasteiger partial charge on any atom is -0.350 e. The lowest BCUT2D eigenvalue weighted by Crippen LogP contribution is -2.60. The van der Waals surface area contributed by atoms with Crippen molar-refractivity contribution in [1.82, 2.24) is 25.3 Å². The molecular formula is C30H47N5O4. The molecule has 1 aromatic carbocycles. The molecule has 1 aromatic rings. The largest absolute Gasteiger partial charge is 0.350 e. The van der Waals surface area contributed by atoms with Crippen LogP contribution < -0.4 is 10.6 Å². The van der Waals surface area contributed by atoms with Crippen LogP contribution in [0.3, 0.4) is 0 Å². The summed E-state index contributed by atoms with van der Waals surface area (Å²) in [4.78, 5) is 58.6. The molecule has 0 aromatic heterocycles. The highest BCUT2D eigenvalue weighted by atomic mass is 16.2. The third-order valence-corrected chi connectivity index (χ3v) is 7.15. The summed E-state index contributed by atoms with van der Waals surface area (Å²) in [6, 6.07) is 6.84. The van der Waals surface area contributed by atoms with Gasteiger partial charge in [-0.25, -0.2) is 0 Å². The van der Waals surface area contributed by atoms with E-state index in [0.29, 0.717) is 6.54 Å². The molecule has 9 nitrogen and oxygen atoms in total. The van der Waals surface area contributed by atoms with Gasteiger partial charge in [0.15, 0.2) is 0 Å². The van der Waals surface area contributed by atoms with E-state index in [4.69, 9.17) is 0 Å². The van der Waals surface area contributed by atoms with Crippen LogP contribution in [0, 0.1) is 17.8 Å². The van der Waals surface area contributed by atoms with E-state index in [1.807, 2.05) is 90.9 Å². The second kappa shape index (κ2) is 14.3. The maximum Gasteiger partial charge on any atom is 0.247 e. The first-order valence-electron chi connectivity index (χ1n) is 13.8. The highest BCUT2D eigenvalue weighted by molar-refractivity contribution is 5.96. The molecule has 1 aliphatic rings. The first kappa shape index (κ1) is 32.0. The van der Waals surface area contributed by atoms with E-state index in [9.17, 15) is 19.2 Å². The van der Waals surface area contributed by atoms with Crippen LogP contribution in [0.2, 0.25) is 0 Å². The first-order chi connectivity index (χ1) is 18.3. The summed E-state index contributed by atoms with van der Waals surface area (Å²) < 4.78 is 0. The second-order valence-electron chi connectivity index (χ2n) is 11.6. The highest BCUT2D eigenvalue weighted by Gasteiger charge is 2.41. The summed E-state index contributed by atoms with van der Waals surface area (Å²) >= 11 is 0. The van der Waals surface area contributed by atoms with Gasteiger partial charge in [-0.1, -0.05) is 84.0 Å². The van der Waals surface area contributed by atoms with E-state index < -0.39 is 24.2 Å². The number of hydrogen-bond acceptors (Lipinski definition) is 5. The van der Waals surface area contributed by atoms with Crippen LogP contribution in [0.15, 0.2) is 42.5 Å². The number of benzene rings is 1. The van der Waals surface area contributed by atoms with Gasteiger partial charge in [-0.05, 0) is 37.4 Å². The van der Waals surface area contributed by atoms with Crippen LogP contribution in [0.4, 0.5) is 0 Å². The molecule has 216 valence electrons. The fourth-order valence-electron chi connectivity index (χ4n) is 5.18. The molecule has 2 N–H and O–H groups in total. The predicted octanol–water partition coefficient (Wildman–Crippen LogP) is 2.28. The van der Waals surface area contributed by atoms with E-state index in [-0.39, 0.29) is 47.9 Å². The summed E-state index contributed by atoms with van der Waals surface area (Å²) in [5.41, 5.74) is 0.965. The van der Waals surface area contributed by atoms with Crippen LogP contribution >= 0.6 is 0 Å². The van der Waals surface area contributed by atoms with Crippen molar-refractivity contribution in [3.8, 4) is 0 Å². The van der Waals surface area contributed by atoms with Crippen LogP contribution in [-0.2, 0) is 25.7 Å². The van der Waals surface area contributed by atoms with Crippen molar-refractivity contribution in [1.29, 1.82) is 0 Å². The zero-order valence-electron chi connectivity index (χ0n) is 25.0. The quantitative estimate of drug-likeness (QED) is 0.396. The van der Waals surface area contributed by atoms with Gasteiger partial charge in [0.2, 0.25) is 23.6 Å². The molecule has 0 spiro atoms. The van der Waals surface area contributed by atoms with E-state index in [1.165, 1.54) is 9.80 Å². The highest BCUT2D eigenvalue weighted by Crippen LogP contribution is 2.21. The molecule has 0 radical (unpaired) electrons. The normalized spacial score (nSPS) is 17.5. The molecule has 1 heterocycles. The Bertz CT molecular complexity index is 1010. The van der Waals surface area contributed by atoms with Gasteiger partial charge in [0.1, 0.15) is 18.1 Å². The van der Waals surface area contributed by atoms with Gasteiger partial charge in [0.05, 0.1) is 6.04 Å². The maximum absolute atomic E-state index is 13.8. The Balaban J connectivity index is 2.19. The van der Waals surface area contributed by atoms with Crippen molar-refractivity contribution < 1.29 is 19.2 Å². The van der Waals surface area contributed by atoms with Crippen molar-refractivity contribution in [2.24, 2.45) is 17.8 Å². The molecule has 1 aliphatic heterocycles. The second-order valence-corrected chi connectivity index (χ2v) is 11.6. The lowest BCUT2D eigenvalue weighted by atomic mass is 9.96. The number of nitrogens with one attached hydrogen (secondary N) is 2. The molecule has 0 saturated heterocycles. The Kier molecular flexibility index (Phi) is 11.7. The Morgan fingerprint density at radius 1 is 0.897 bits per heavy atom. The van der Waals surface area contributed by atoms with E-state index in [2.05, 4.69) is 10.6 Å². The van der Waals surface area contributed by atoms with Gasteiger partial charge < -0.3 is 20.4 Å². The van der Waals surface area contributed by atoms with Crippen molar-refractivity contribution >= 4 is 23.6 Å². The smallest absolute Gasteiger partial charge is 0.247 e. The van der Waals surface area contributed by atoms with E-state index >= 15 is 0 Å². The van der Waals surface area contributed by atoms with Gasteiger partial charge in [-0.3, -0.25) is 24.1 Å². The Morgan fingerprint density at radius 2 is 1.49 bits per heavy atom. The maximum atomic E-state index is 13.8. The summed E-state index contributed by atoms with van der Waals surface area (Å²) in [7, 11) is 5.28. The number of hydrogen-bond donors (Lipinski definition) is 2. The van der Waals surface area contributed by atoms with Gasteiger partial charge >= 0.3 is 0 Å². The summed E-state index contributed by atoms with van der Waals surface area (Å²) in [5.74, 6) is -1.47. The van der Waals surface area contributed by atoms with E-state index in [0.717, 1.165) is 5.56 Å². The molecule has 0 bridgehead atoms. The number of amides is 4. The Labute approximate surface area is 234 Å². The van der Waals surface area contributed by atoms with Crippen molar-refractivity contribution in [3.05, 3.63) is 48.0 Å². The molecule has 2 rings (SSSR count). The SMILES string of the molecule is CC(C)[C@H](NC(=O)[C@H](C(C)C)N(C)C)C(=O)N(C)[C@H](C(=O)N1CC=C[C@H]1C(=O)NCc1ccccc1)C(C)C.